The van der Waals surface area contributed by atoms with Gasteiger partial charge in [0.1, 0.15) is 18.0 Å². The number of hydrogen-bond acceptors (Lipinski definition) is 7. The van der Waals surface area contributed by atoms with E-state index in [0.29, 0.717) is 28.1 Å². The molecule has 0 spiro atoms. The van der Waals surface area contributed by atoms with Crippen molar-refractivity contribution in [2.75, 3.05) is 12.8 Å². The molecule has 152 valence electrons. The summed E-state index contributed by atoms with van der Waals surface area (Å²) in [5, 5.41) is 13.8. The van der Waals surface area contributed by atoms with Crippen LogP contribution < -0.4 is 10.5 Å². The molecule has 30 heavy (non-hydrogen) atoms. The zero-order valence-corrected chi connectivity index (χ0v) is 16.5. The number of anilines is 1. The molecule has 9 nitrogen and oxygen atoms in total. The van der Waals surface area contributed by atoms with Gasteiger partial charge in [-0.3, -0.25) is 9.48 Å². The molecule has 3 aromatic rings. The molecule has 1 aromatic carbocycles. The zero-order chi connectivity index (χ0) is 21.6. The zero-order valence-electron chi connectivity index (χ0n) is 16.5. The van der Waals surface area contributed by atoms with E-state index in [-0.39, 0.29) is 29.8 Å². The number of nitrogen functional groups attached to an aromatic ring is 1. The summed E-state index contributed by atoms with van der Waals surface area (Å²) in [6, 6.07) is 5.96. The number of hydrogen-bond donors (Lipinski definition) is 1. The summed E-state index contributed by atoms with van der Waals surface area (Å²) in [7, 11) is 3.30. The highest BCUT2D eigenvalue weighted by molar-refractivity contribution is 5.95. The summed E-state index contributed by atoms with van der Waals surface area (Å²) in [6.45, 7) is 1.81. The molecule has 4 rings (SSSR count). The molecule has 0 saturated heterocycles. The topological polar surface area (TPSA) is 123 Å². The fourth-order valence-electron chi connectivity index (χ4n) is 3.47. The third-order valence-electron chi connectivity index (χ3n) is 5.00. The highest BCUT2D eigenvalue weighted by atomic mass is 19.1. The van der Waals surface area contributed by atoms with Gasteiger partial charge in [0.2, 0.25) is 0 Å². The van der Waals surface area contributed by atoms with Gasteiger partial charge in [0.15, 0.2) is 11.5 Å². The predicted octanol–water partition coefficient (Wildman–Crippen LogP) is 2.20. The van der Waals surface area contributed by atoms with E-state index in [1.165, 1.54) is 34.0 Å². The van der Waals surface area contributed by atoms with E-state index in [1.54, 1.807) is 21.0 Å². The lowest BCUT2D eigenvalue weighted by atomic mass is 10.0. The molecule has 1 atom stereocenters. The molecule has 0 fully saturated rings. The van der Waals surface area contributed by atoms with Crippen LogP contribution in [0.2, 0.25) is 0 Å². The van der Waals surface area contributed by atoms with Crippen molar-refractivity contribution in [3.8, 4) is 23.2 Å². The number of rotatable bonds is 0. The van der Waals surface area contributed by atoms with Gasteiger partial charge in [0, 0.05) is 25.2 Å². The first kappa shape index (κ1) is 19.3. The van der Waals surface area contributed by atoms with Gasteiger partial charge in [-0.25, -0.2) is 14.4 Å². The van der Waals surface area contributed by atoms with Crippen molar-refractivity contribution in [3.05, 3.63) is 52.7 Å². The molecule has 3 heterocycles. The van der Waals surface area contributed by atoms with E-state index < -0.39 is 11.9 Å². The minimum Gasteiger partial charge on any atom is -0.467 e. The first-order chi connectivity index (χ1) is 14.3. The second kappa shape index (κ2) is 7.11. The average Bonchev–Trinajstić information content (AvgIpc) is 3.03. The minimum atomic E-state index is -0.733. The van der Waals surface area contributed by atoms with Crippen LogP contribution in [0, 0.1) is 17.1 Å². The number of ether oxygens (including phenoxy) is 1. The Morgan fingerprint density at radius 2 is 2.13 bits per heavy atom. The molecule has 0 unspecified atom stereocenters. The summed E-state index contributed by atoms with van der Waals surface area (Å²) >= 11 is 0. The first-order valence-corrected chi connectivity index (χ1v) is 9.10. The fraction of sp³-hybridized carbons (Fsp3) is 0.250. The van der Waals surface area contributed by atoms with Crippen molar-refractivity contribution in [3.63, 3.8) is 0 Å². The van der Waals surface area contributed by atoms with E-state index in [9.17, 15) is 14.4 Å². The Kier molecular flexibility index (Phi) is 4.58. The molecule has 1 amide bonds. The lowest BCUT2D eigenvalue weighted by Crippen LogP contribution is -2.29. The van der Waals surface area contributed by atoms with Crippen molar-refractivity contribution in [1.29, 1.82) is 5.26 Å². The van der Waals surface area contributed by atoms with Crippen molar-refractivity contribution < 1.29 is 13.9 Å². The van der Waals surface area contributed by atoms with Gasteiger partial charge < -0.3 is 15.4 Å². The number of aromatic nitrogens is 4. The fourth-order valence-corrected chi connectivity index (χ4v) is 3.47. The van der Waals surface area contributed by atoms with Crippen LogP contribution in [0.4, 0.5) is 10.2 Å². The Labute approximate surface area is 171 Å². The molecule has 2 aromatic heterocycles. The van der Waals surface area contributed by atoms with E-state index >= 15 is 0 Å². The number of nitrogens with two attached hydrogens (primary N) is 1. The lowest BCUT2D eigenvalue weighted by Gasteiger charge is -2.23. The van der Waals surface area contributed by atoms with E-state index in [0.717, 1.165) is 0 Å². The maximum atomic E-state index is 14.0. The smallest absolute Gasteiger partial charge is 0.258 e. The molecule has 1 aliphatic heterocycles. The number of nitrogens with zero attached hydrogens (tertiary/aromatic N) is 6. The van der Waals surface area contributed by atoms with Gasteiger partial charge in [-0.1, -0.05) is 0 Å². The largest absolute Gasteiger partial charge is 0.467 e. The summed E-state index contributed by atoms with van der Waals surface area (Å²) in [5.74, 6) is -0.759. The summed E-state index contributed by atoms with van der Waals surface area (Å²) in [4.78, 5) is 23.2. The molecule has 0 saturated carbocycles. The maximum absolute atomic E-state index is 14.0. The van der Waals surface area contributed by atoms with E-state index in [4.69, 9.17) is 10.5 Å². The number of nitriles is 1. The van der Waals surface area contributed by atoms with Gasteiger partial charge in [0.25, 0.3) is 11.8 Å². The third kappa shape index (κ3) is 3.10. The average molecular weight is 407 g/mol. The van der Waals surface area contributed by atoms with Crippen molar-refractivity contribution in [1.82, 2.24) is 24.6 Å². The monoisotopic (exact) mass is 407 g/mol. The summed E-state index contributed by atoms with van der Waals surface area (Å²) in [6.07, 6.45) is 0.693. The van der Waals surface area contributed by atoms with Crippen LogP contribution in [0.3, 0.4) is 0 Å². The standard InChI is InChI=1S/C20H18FN7O2/c1-10-13-6-11(21)4-5-12(13)20(29)27(2)9-16-17(14(7-22)26-28(16)3)15-8-24-18(23)19(25-15)30-10/h4-6,8,10H,9H2,1-3H3,(H2,23,24)/t10-/m1/s1. The molecule has 2 N–H and O–H groups in total. The number of benzene rings is 1. The number of amides is 1. The van der Waals surface area contributed by atoms with Crippen LogP contribution in [0.5, 0.6) is 5.88 Å². The molecule has 1 aliphatic rings. The molecule has 0 aliphatic carbocycles. The summed E-state index contributed by atoms with van der Waals surface area (Å²) < 4.78 is 21.4. The van der Waals surface area contributed by atoms with Crippen LogP contribution in [0.1, 0.15) is 40.3 Å². The summed E-state index contributed by atoms with van der Waals surface area (Å²) in [5.41, 5.74) is 8.11. The van der Waals surface area contributed by atoms with Gasteiger partial charge in [-0.2, -0.15) is 10.4 Å². The van der Waals surface area contributed by atoms with Gasteiger partial charge in [0.05, 0.1) is 29.7 Å². The van der Waals surface area contributed by atoms with Crippen LogP contribution in [0.15, 0.2) is 24.4 Å². The number of aryl methyl sites for hydroxylation is 1. The first-order valence-electron chi connectivity index (χ1n) is 9.10. The van der Waals surface area contributed by atoms with Gasteiger partial charge in [-0.15, -0.1) is 0 Å². The molecule has 2 bridgehead atoms. The third-order valence-corrected chi connectivity index (χ3v) is 5.00. The predicted molar refractivity (Wildman–Crippen MR) is 105 cm³/mol. The number of carbonyl (C=O) groups excluding carboxylic acids is 1. The Balaban J connectivity index is 1.99. The van der Waals surface area contributed by atoms with Crippen LogP contribution in [0.25, 0.3) is 11.3 Å². The van der Waals surface area contributed by atoms with Crippen molar-refractivity contribution >= 4 is 11.7 Å². The van der Waals surface area contributed by atoms with Gasteiger partial charge >= 0.3 is 0 Å². The van der Waals surface area contributed by atoms with Crippen LogP contribution in [-0.4, -0.2) is 37.6 Å². The molecule has 10 heteroatoms. The van der Waals surface area contributed by atoms with Gasteiger partial charge in [-0.05, 0) is 25.1 Å². The van der Waals surface area contributed by atoms with Crippen molar-refractivity contribution in [2.24, 2.45) is 7.05 Å². The Hall–Kier alpha value is -4.00. The molecule has 0 radical (unpaired) electrons. The van der Waals surface area contributed by atoms with Crippen molar-refractivity contribution in [2.45, 2.75) is 19.6 Å². The second-order valence-corrected chi connectivity index (χ2v) is 7.00. The number of halogens is 1. The minimum absolute atomic E-state index is 0.0234. The Morgan fingerprint density at radius 1 is 1.37 bits per heavy atom. The highest BCUT2D eigenvalue weighted by Gasteiger charge is 2.27. The van der Waals surface area contributed by atoms with E-state index in [1.807, 2.05) is 0 Å². The lowest BCUT2D eigenvalue weighted by molar-refractivity contribution is 0.0776. The Bertz CT molecular complexity index is 1210. The number of carbonyl (C=O) groups is 1. The second-order valence-electron chi connectivity index (χ2n) is 7.00. The molecular weight excluding hydrogens is 389 g/mol. The maximum Gasteiger partial charge on any atom is 0.258 e. The van der Waals surface area contributed by atoms with Crippen LogP contribution >= 0.6 is 0 Å². The van der Waals surface area contributed by atoms with E-state index in [2.05, 4.69) is 21.1 Å². The number of fused-ring (bicyclic) bond motifs is 5. The quantitative estimate of drug-likeness (QED) is 0.606. The molecular formula is C20H18FN7O2. The Morgan fingerprint density at radius 3 is 2.87 bits per heavy atom. The van der Waals surface area contributed by atoms with Crippen LogP contribution in [-0.2, 0) is 13.6 Å². The highest BCUT2D eigenvalue weighted by Crippen LogP contribution is 2.33. The normalized spacial score (nSPS) is 15.9. The SMILES string of the molecule is C[C@H]1Oc2nc(cnc2N)-c2c(C#N)nn(C)c2CN(C)C(=O)c2ccc(F)cc21.